The number of hydrogen-bond acceptors (Lipinski definition) is 14. The summed E-state index contributed by atoms with van der Waals surface area (Å²) in [7, 11) is 10.3. The summed E-state index contributed by atoms with van der Waals surface area (Å²) in [5.41, 5.74) is 0. The van der Waals surface area contributed by atoms with Gasteiger partial charge >= 0.3 is 0 Å². The molecule has 2 rings (SSSR count). The number of oxazole rings is 1. The van der Waals surface area contributed by atoms with Gasteiger partial charge < -0.3 is 49.1 Å². The van der Waals surface area contributed by atoms with Gasteiger partial charge in [-0.15, -0.1) is 0 Å². The molecule has 0 bridgehead atoms. The minimum atomic E-state index is -1.53. The summed E-state index contributed by atoms with van der Waals surface area (Å²) < 4.78 is 5.44. The average molecular weight is 1270 g/mol. The van der Waals surface area contributed by atoms with Gasteiger partial charge in [-0.25, -0.2) is 4.98 Å². The standard InChI is InChI=1S/C68H117N9O13/c1-25-48-36-56(80)59(60(81)44(14)27-26-28-57-69-29-30-90-57)77(24)68(89)58(43(12)13)76(23)67(88)53(34-41(8)9)75(22)66(87)52(33-40(6)7)74(21)62(83)46(16)70-61(82)45(15)35-54(78)50(31-38(2)3)73(20)65(86)49(42(10)11)37-55(79)51(32-39(4)5)72(19)63(84)47(17)71(18)64(48)85/h29-30,38-53,58-60,81H,25-28,31-37H2,1-24H3,(H,70,82)/t44-,45+,46+,47-,48+,49-,50-,51+,52-,53-,58-,59+,60-/m1/s1. The third kappa shape index (κ3) is 21.8. The third-order valence-corrected chi connectivity index (χ3v) is 18.3. The number of aryl methyl sites for hydroxylation is 1. The number of aliphatic hydroxyl groups is 1. The molecule has 22 nitrogen and oxygen atoms in total. The molecule has 90 heavy (non-hydrogen) atoms. The number of nitrogens with one attached hydrogen (secondary N) is 1. The van der Waals surface area contributed by atoms with E-state index in [1.807, 2.05) is 69.2 Å². The van der Waals surface area contributed by atoms with E-state index in [4.69, 9.17) is 4.42 Å². The largest absolute Gasteiger partial charge is 0.449 e. The van der Waals surface area contributed by atoms with Crippen LogP contribution in [0.15, 0.2) is 16.9 Å². The van der Waals surface area contributed by atoms with Crippen LogP contribution in [0.3, 0.4) is 0 Å². The Morgan fingerprint density at radius 2 is 0.956 bits per heavy atom. The number of ketones is 3. The molecule has 0 aliphatic carbocycles. The molecule has 0 radical (unpaired) electrons. The lowest BCUT2D eigenvalue weighted by Gasteiger charge is -2.41. The van der Waals surface area contributed by atoms with Crippen molar-refractivity contribution < 1.29 is 62.3 Å². The first-order valence-corrected chi connectivity index (χ1v) is 33.0. The van der Waals surface area contributed by atoms with Gasteiger partial charge in [-0.1, -0.05) is 104 Å². The molecule has 1 saturated heterocycles. The van der Waals surface area contributed by atoms with Crippen molar-refractivity contribution >= 4 is 64.6 Å². The highest BCUT2D eigenvalue weighted by Crippen LogP contribution is 2.30. The highest BCUT2D eigenvalue weighted by Gasteiger charge is 2.46. The third-order valence-electron chi connectivity index (χ3n) is 18.3. The van der Waals surface area contributed by atoms with Crippen molar-refractivity contribution in [2.45, 2.75) is 243 Å². The molecule has 1 aromatic heterocycles. The smallest absolute Gasteiger partial charge is 0.246 e. The van der Waals surface area contributed by atoms with Gasteiger partial charge in [0, 0.05) is 92.8 Å². The Morgan fingerprint density at radius 1 is 0.511 bits per heavy atom. The molecule has 1 fully saturated rings. The van der Waals surface area contributed by atoms with E-state index in [2.05, 4.69) is 10.3 Å². The first-order chi connectivity index (χ1) is 41.7. The molecule has 13 atom stereocenters. The zero-order chi connectivity index (χ0) is 69.3. The maximum atomic E-state index is 15.4. The Bertz CT molecular complexity index is 2570. The number of carbonyl (C=O) groups excluding carboxylic acids is 11. The number of Topliss-reactive ketones (excluding diaryl/α,β-unsaturated/α-hetero) is 3. The number of amides is 8. The fourth-order valence-corrected chi connectivity index (χ4v) is 12.4. The number of hydrogen-bond donors (Lipinski definition) is 2. The molecule has 0 saturated carbocycles. The second kappa shape index (κ2) is 36.3. The highest BCUT2D eigenvalue weighted by atomic mass is 16.3. The van der Waals surface area contributed by atoms with Crippen molar-refractivity contribution in [2.24, 2.45) is 59.2 Å². The van der Waals surface area contributed by atoms with Crippen molar-refractivity contribution in [1.82, 2.24) is 44.6 Å². The van der Waals surface area contributed by atoms with E-state index in [1.54, 1.807) is 34.6 Å². The summed E-state index contributed by atoms with van der Waals surface area (Å²) in [6.07, 6.45) is 2.75. The molecule has 22 heteroatoms. The number of likely N-dealkylation sites (N-methyl/N-ethyl adjacent to an activating group) is 7. The second-order valence-electron chi connectivity index (χ2n) is 28.4. The predicted molar refractivity (Wildman–Crippen MR) is 347 cm³/mol. The monoisotopic (exact) mass is 1270 g/mol. The van der Waals surface area contributed by atoms with E-state index in [-0.39, 0.29) is 74.4 Å². The van der Waals surface area contributed by atoms with E-state index >= 15 is 19.2 Å². The summed E-state index contributed by atoms with van der Waals surface area (Å²) in [5, 5.41) is 15.2. The molecular formula is C68H117N9O13. The molecule has 1 aliphatic rings. The lowest BCUT2D eigenvalue weighted by Crippen LogP contribution is -2.61. The van der Waals surface area contributed by atoms with Crippen molar-refractivity contribution in [2.75, 3.05) is 49.3 Å². The van der Waals surface area contributed by atoms with Gasteiger partial charge in [-0.2, -0.15) is 0 Å². The van der Waals surface area contributed by atoms with Crippen LogP contribution in [-0.4, -0.2) is 213 Å². The minimum absolute atomic E-state index is 0.0731. The van der Waals surface area contributed by atoms with Gasteiger partial charge in [0.15, 0.2) is 23.2 Å². The van der Waals surface area contributed by atoms with E-state index < -0.39 is 155 Å². The normalized spacial score (nSPS) is 27.1. The summed E-state index contributed by atoms with van der Waals surface area (Å²) in [6.45, 7) is 30.3. The summed E-state index contributed by atoms with van der Waals surface area (Å²) in [5.74, 6) is -10.5. The van der Waals surface area contributed by atoms with Crippen LogP contribution in [0.1, 0.15) is 188 Å². The Kier molecular flexibility index (Phi) is 32.2. The Hall–Kier alpha value is -6.06. The lowest BCUT2D eigenvalue weighted by atomic mass is 9.84. The molecule has 2 N–H and O–H groups in total. The molecule has 8 amide bonds. The fourth-order valence-electron chi connectivity index (χ4n) is 12.4. The van der Waals surface area contributed by atoms with Crippen LogP contribution >= 0.6 is 0 Å². The van der Waals surface area contributed by atoms with Crippen molar-refractivity contribution in [3.63, 3.8) is 0 Å². The van der Waals surface area contributed by atoms with Gasteiger partial charge in [0.1, 0.15) is 42.5 Å². The molecule has 512 valence electrons. The zero-order valence-electron chi connectivity index (χ0n) is 59.3. The van der Waals surface area contributed by atoms with E-state index in [0.29, 0.717) is 25.2 Å². The van der Waals surface area contributed by atoms with Crippen LogP contribution in [-0.2, 0) is 59.2 Å². The Balaban J connectivity index is 3.00. The molecule has 2 heterocycles. The fraction of sp³-hybridized carbons (Fsp3) is 0.794. The first-order valence-electron chi connectivity index (χ1n) is 33.0. The maximum Gasteiger partial charge on any atom is 0.246 e. The van der Waals surface area contributed by atoms with Crippen LogP contribution in [0.5, 0.6) is 0 Å². The number of carbonyl (C=O) groups is 11. The molecule has 0 aromatic carbocycles. The predicted octanol–water partition coefficient (Wildman–Crippen LogP) is 6.97. The number of nitrogens with zero attached hydrogens (tertiary/aromatic N) is 8. The Labute approximate surface area is 539 Å². The lowest BCUT2D eigenvalue weighted by molar-refractivity contribution is -0.157. The second-order valence-corrected chi connectivity index (χ2v) is 28.4. The average Bonchev–Trinajstić information content (AvgIpc) is 1.11. The molecule has 0 spiro atoms. The van der Waals surface area contributed by atoms with E-state index in [1.165, 1.54) is 105 Å². The van der Waals surface area contributed by atoms with Gasteiger partial charge in [-0.3, -0.25) is 52.7 Å². The van der Waals surface area contributed by atoms with Gasteiger partial charge in [0.05, 0.1) is 24.4 Å². The van der Waals surface area contributed by atoms with E-state index in [9.17, 15) is 38.7 Å². The first kappa shape index (κ1) is 80.0. The van der Waals surface area contributed by atoms with Gasteiger partial charge in [-0.05, 0) is 100 Å². The maximum absolute atomic E-state index is 15.4. The summed E-state index contributed by atoms with van der Waals surface area (Å²) in [6, 6.07) is -9.39. The summed E-state index contributed by atoms with van der Waals surface area (Å²) in [4.78, 5) is 176. The van der Waals surface area contributed by atoms with Crippen molar-refractivity contribution in [3.8, 4) is 0 Å². The van der Waals surface area contributed by atoms with Crippen LogP contribution in [0.25, 0.3) is 0 Å². The SMILES string of the molecule is CC[C@H]1CC(=O)[C@@H]([C@H](O)[C@H](C)CCCc2ncco2)N(C)C(=O)[C@@H](C(C)C)N(C)C(=O)[C@@H](CC(C)C)N(C)C(=O)[C@@H](CC(C)C)N(C)C(=O)[C@H](C)NC(=O)[C@@H](C)CC(=O)[C@@H](CC(C)C)N(C)C(=O)[C@@H](C(C)C)CC(=O)[C@H](CC(C)C)N(C)C(=O)[C@@H](C)N(C)C1=O. The minimum Gasteiger partial charge on any atom is -0.449 e. The summed E-state index contributed by atoms with van der Waals surface area (Å²) >= 11 is 0. The van der Waals surface area contributed by atoms with Crippen molar-refractivity contribution in [1.29, 1.82) is 0 Å². The molecular weight excluding hydrogens is 1150 g/mol. The molecule has 1 aromatic rings. The number of aromatic nitrogens is 1. The van der Waals surface area contributed by atoms with Crippen LogP contribution in [0.2, 0.25) is 0 Å². The molecule has 0 unspecified atom stereocenters. The van der Waals surface area contributed by atoms with Crippen LogP contribution in [0, 0.1) is 59.2 Å². The topological polar surface area (TPSA) is 269 Å². The van der Waals surface area contributed by atoms with Gasteiger partial charge in [0.2, 0.25) is 47.3 Å². The van der Waals surface area contributed by atoms with Crippen LogP contribution < -0.4 is 5.32 Å². The number of rotatable bonds is 17. The zero-order valence-corrected chi connectivity index (χ0v) is 59.3. The van der Waals surface area contributed by atoms with E-state index in [0.717, 1.165) is 4.90 Å². The number of aliphatic hydroxyl groups excluding tert-OH is 1. The Morgan fingerprint density at radius 3 is 1.41 bits per heavy atom. The highest BCUT2D eigenvalue weighted by molar-refractivity contribution is 6.00. The van der Waals surface area contributed by atoms with Crippen molar-refractivity contribution in [3.05, 3.63) is 18.4 Å². The van der Waals surface area contributed by atoms with Crippen LogP contribution in [0.4, 0.5) is 0 Å². The molecule has 1 aliphatic heterocycles. The van der Waals surface area contributed by atoms with Gasteiger partial charge in [0.25, 0.3) is 0 Å². The quantitative estimate of drug-likeness (QED) is 0.159.